The molecule has 2 unspecified atom stereocenters. The number of ether oxygens (including phenoxy) is 1. The van der Waals surface area contributed by atoms with Crippen molar-refractivity contribution in [2.24, 2.45) is 0 Å². The number of hydrogen-bond acceptors (Lipinski definition) is 4. The van der Waals surface area contributed by atoms with Crippen molar-refractivity contribution in [3.05, 3.63) is 24.0 Å². The molecule has 1 aromatic rings. The second-order valence-electron chi connectivity index (χ2n) is 5.55. The van der Waals surface area contributed by atoms with Crippen LogP contribution < -0.4 is 11.1 Å². The maximum absolute atomic E-state index is 13.5. The first-order chi connectivity index (χ1) is 9.94. The number of halogens is 1. The van der Waals surface area contributed by atoms with E-state index in [9.17, 15) is 9.18 Å². The minimum atomic E-state index is -0.480. The highest BCUT2D eigenvalue weighted by molar-refractivity contribution is 5.91. The number of nitrogens with one attached hydrogen (secondary N) is 1. The number of amides is 1. The van der Waals surface area contributed by atoms with Gasteiger partial charge >= 0.3 is 0 Å². The van der Waals surface area contributed by atoms with E-state index in [0.717, 1.165) is 13.1 Å². The molecule has 1 amide bonds. The topological polar surface area (TPSA) is 67.6 Å². The number of nitrogens with zero attached hydrogens (tertiary/aromatic N) is 1. The average molecular weight is 295 g/mol. The van der Waals surface area contributed by atoms with Crippen LogP contribution in [0.2, 0.25) is 0 Å². The predicted molar refractivity (Wildman–Crippen MR) is 80.5 cm³/mol. The van der Waals surface area contributed by atoms with Gasteiger partial charge in [0.25, 0.3) is 0 Å². The van der Waals surface area contributed by atoms with Gasteiger partial charge in [-0.25, -0.2) is 4.39 Å². The Hall–Kier alpha value is -1.66. The summed E-state index contributed by atoms with van der Waals surface area (Å²) in [6, 6.07) is 4.13. The Bertz CT molecular complexity index is 500. The van der Waals surface area contributed by atoms with E-state index in [1.54, 1.807) is 0 Å². The molecule has 1 saturated heterocycles. The summed E-state index contributed by atoms with van der Waals surface area (Å²) in [5, 5.41) is 2.56. The Morgan fingerprint density at radius 1 is 1.43 bits per heavy atom. The van der Waals surface area contributed by atoms with Crippen LogP contribution in [0.3, 0.4) is 0 Å². The van der Waals surface area contributed by atoms with Gasteiger partial charge in [0.05, 0.1) is 17.9 Å². The molecule has 1 heterocycles. The van der Waals surface area contributed by atoms with Crippen LogP contribution in [0, 0.1) is 5.82 Å². The molecule has 2 rings (SSSR count). The third-order valence-electron chi connectivity index (χ3n) is 3.41. The van der Waals surface area contributed by atoms with E-state index in [-0.39, 0.29) is 23.8 Å². The molecule has 3 N–H and O–H groups in total. The Morgan fingerprint density at radius 3 is 2.76 bits per heavy atom. The molecule has 0 bridgehead atoms. The predicted octanol–water partition coefficient (Wildman–Crippen LogP) is 1.85. The molecule has 0 saturated carbocycles. The van der Waals surface area contributed by atoms with Crippen LogP contribution in [0.5, 0.6) is 0 Å². The molecule has 0 aromatic heterocycles. The molecule has 116 valence electrons. The number of hydrogen-bond donors (Lipinski definition) is 2. The summed E-state index contributed by atoms with van der Waals surface area (Å²) < 4.78 is 19.2. The lowest BCUT2D eigenvalue weighted by Gasteiger charge is -2.35. The number of anilines is 2. The van der Waals surface area contributed by atoms with Crippen LogP contribution in [0.15, 0.2) is 18.2 Å². The normalized spacial score (nSPS) is 23.0. The fourth-order valence-corrected chi connectivity index (χ4v) is 2.58. The lowest BCUT2D eigenvalue weighted by molar-refractivity contribution is -0.117. The lowest BCUT2D eigenvalue weighted by Crippen LogP contribution is -2.46. The molecule has 1 aromatic carbocycles. The number of nitrogen functional groups attached to an aromatic ring is 1. The largest absolute Gasteiger partial charge is 0.399 e. The highest BCUT2D eigenvalue weighted by atomic mass is 19.1. The molecule has 0 aliphatic carbocycles. The van der Waals surface area contributed by atoms with Gasteiger partial charge in [0.15, 0.2) is 0 Å². The van der Waals surface area contributed by atoms with Crippen molar-refractivity contribution in [3.8, 4) is 0 Å². The van der Waals surface area contributed by atoms with E-state index in [1.807, 2.05) is 13.8 Å². The van der Waals surface area contributed by atoms with Gasteiger partial charge in [-0.15, -0.1) is 0 Å². The van der Waals surface area contributed by atoms with E-state index in [0.29, 0.717) is 18.7 Å². The van der Waals surface area contributed by atoms with Gasteiger partial charge in [0, 0.05) is 31.7 Å². The molecule has 1 fully saturated rings. The second kappa shape index (κ2) is 6.87. The Kier molecular flexibility index (Phi) is 5.14. The van der Waals surface area contributed by atoms with Crippen molar-refractivity contribution in [2.75, 3.05) is 30.7 Å². The minimum absolute atomic E-state index is 0.128. The van der Waals surface area contributed by atoms with Crippen LogP contribution >= 0.6 is 0 Å². The molecule has 6 heteroatoms. The third kappa shape index (κ3) is 4.68. The minimum Gasteiger partial charge on any atom is -0.399 e. The fraction of sp³-hybridized carbons (Fsp3) is 0.533. The molecule has 0 radical (unpaired) electrons. The summed E-state index contributed by atoms with van der Waals surface area (Å²) in [6.45, 7) is 6.29. The van der Waals surface area contributed by atoms with E-state index in [1.165, 1.54) is 18.2 Å². The summed E-state index contributed by atoms with van der Waals surface area (Å²) in [5.41, 5.74) is 6.13. The monoisotopic (exact) mass is 295 g/mol. The molecule has 2 atom stereocenters. The van der Waals surface area contributed by atoms with Crippen LogP contribution in [-0.2, 0) is 9.53 Å². The highest BCUT2D eigenvalue weighted by Gasteiger charge is 2.22. The number of carbonyl (C=O) groups is 1. The number of morpholine rings is 1. The SMILES string of the molecule is CC1CN(CCC(=O)Nc2cc(N)ccc2F)CC(C)O1. The van der Waals surface area contributed by atoms with Crippen LogP contribution in [-0.4, -0.2) is 42.6 Å². The van der Waals surface area contributed by atoms with Gasteiger partial charge in [-0.1, -0.05) is 0 Å². The number of rotatable bonds is 4. The zero-order chi connectivity index (χ0) is 15.4. The van der Waals surface area contributed by atoms with Crippen molar-refractivity contribution in [2.45, 2.75) is 32.5 Å². The van der Waals surface area contributed by atoms with E-state index in [4.69, 9.17) is 10.5 Å². The van der Waals surface area contributed by atoms with Crippen molar-refractivity contribution < 1.29 is 13.9 Å². The maximum Gasteiger partial charge on any atom is 0.225 e. The van der Waals surface area contributed by atoms with Gasteiger partial charge in [-0.2, -0.15) is 0 Å². The fourth-order valence-electron chi connectivity index (χ4n) is 2.58. The van der Waals surface area contributed by atoms with Crippen molar-refractivity contribution in [1.29, 1.82) is 0 Å². The number of nitrogens with two attached hydrogens (primary N) is 1. The molecule has 21 heavy (non-hydrogen) atoms. The van der Waals surface area contributed by atoms with E-state index < -0.39 is 5.82 Å². The van der Waals surface area contributed by atoms with Crippen molar-refractivity contribution in [1.82, 2.24) is 4.90 Å². The smallest absolute Gasteiger partial charge is 0.225 e. The van der Waals surface area contributed by atoms with Crippen LogP contribution in [0.25, 0.3) is 0 Å². The molecular weight excluding hydrogens is 273 g/mol. The molecular formula is C15H22FN3O2. The molecule has 0 spiro atoms. The zero-order valence-electron chi connectivity index (χ0n) is 12.4. The Labute approximate surface area is 124 Å². The molecule has 1 aliphatic heterocycles. The summed E-state index contributed by atoms with van der Waals surface area (Å²) >= 11 is 0. The summed E-state index contributed by atoms with van der Waals surface area (Å²) in [6.07, 6.45) is 0.652. The molecule has 5 nitrogen and oxygen atoms in total. The summed E-state index contributed by atoms with van der Waals surface area (Å²) in [5.74, 6) is -0.697. The summed E-state index contributed by atoms with van der Waals surface area (Å²) in [4.78, 5) is 14.1. The van der Waals surface area contributed by atoms with E-state index in [2.05, 4.69) is 10.2 Å². The van der Waals surface area contributed by atoms with Crippen LogP contribution in [0.1, 0.15) is 20.3 Å². The standard InChI is InChI=1S/C15H22FN3O2/c1-10-8-19(9-11(2)21-10)6-5-15(20)18-14-7-12(17)3-4-13(14)16/h3-4,7,10-11H,5-6,8-9,17H2,1-2H3,(H,18,20). The lowest BCUT2D eigenvalue weighted by atomic mass is 10.2. The van der Waals surface area contributed by atoms with Gasteiger partial charge in [0.2, 0.25) is 5.91 Å². The first-order valence-electron chi connectivity index (χ1n) is 7.16. The van der Waals surface area contributed by atoms with Crippen molar-refractivity contribution in [3.63, 3.8) is 0 Å². The zero-order valence-corrected chi connectivity index (χ0v) is 12.4. The number of carbonyl (C=O) groups excluding carboxylic acids is 1. The summed E-state index contributed by atoms with van der Waals surface area (Å²) in [7, 11) is 0. The quantitative estimate of drug-likeness (QED) is 0.832. The van der Waals surface area contributed by atoms with Crippen LogP contribution in [0.4, 0.5) is 15.8 Å². The van der Waals surface area contributed by atoms with E-state index >= 15 is 0 Å². The Morgan fingerprint density at radius 2 is 2.10 bits per heavy atom. The second-order valence-corrected chi connectivity index (χ2v) is 5.55. The molecule has 1 aliphatic rings. The first kappa shape index (κ1) is 15.7. The van der Waals surface area contributed by atoms with Gasteiger partial charge < -0.3 is 15.8 Å². The van der Waals surface area contributed by atoms with Gasteiger partial charge in [-0.05, 0) is 32.0 Å². The van der Waals surface area contributed by atoms with Gasteiger partial charge in [-0.3, -0.25) is 9.69 Å². The highest BCUT2D eigenvalue weighted by Crippen LogP contribution is 2.18. The number of benzene rings is 1. The first-order valence-corrected chi connectivity index (χ1v) is 7.16. The Balaban J connectivity index is 1.83. The van der Waals surface area contributed by atoms with Gasteiger partial charge in [0.1, 0.15) is 5.82 Å². The maximum atomic E-state index is 13.5. The van der Waals surface area contributed by atoms with Crippen molar-refractivity contribution >= 4 is 17.3 Å². The third-order valence-corrected chi connectivity index (χ3v) is 3.41. The average Bonchev–Trinajstić information content (AvgIpc) is 2.40.